The molecule has 0 atom stereocenters. The van der Waals surface area contributed by atoms with E-state index in [2.05, 4.69) is 4.74 Å². The van der Waals surface area contributed by atoms with Crippen LogP contribution in [0, 0.1) is 0 Å². The third-order valence-corrected chi connectivity index (χ3v) is 1.82. The summed E-state index contributed by atoms with van der Waals surface area (Å²) in [7, 11) is 4.84. The second kappa shape index (κ2) is 4.23. The highest BCUT2D eigenvalue weighted by molar-refractivity contribution is 6.31. The van der Waals surface area contributed by atoms with Gasteiger partial charge in [-0.3, -0.25) is 0 Å². The summed E-state index contributed by atoms with van der Waals surface area (Å²) >= 11 is 5.74. The zero-order valence-electron chi connectivity index (χ0n) is 7.14. The minimum atomic E-state index is -0.399. The first-order valence-corrected chi connectivity index (χ1v) is 3.50. The molecule has 0 aliphatic heterocycles. The first-order chi connectivity index (χ1) is 5.00. The molecular formula is C7H12ClNO2. The summed E-state index contributed by atoms with van der Waals surface area (Å²) in [6.07, 6.45) is 0. The van der Waals surface area contributed by atoms with Gasteiger partial charge in [-0.25, -0.2) is 4.79 Å². The van der Waals surface area contributed by atoms with Crippen molar-refractivity contribution in [3.8, 4) is 0 Å². The molecule has 0 rings (SSSR count). The highest BCUT2D eigenvalue weighted by Crippen LogP contribution is 2.11. The van der Waals surface area contributed by atoms with Crippen LogP contribution in [-0.4, -0.2) is 32.1 Å². The number of carbonyl (C=O) groups excluding carboxylic acids is 1. The third kappa shape index (κ3) is 2.80. The summed E-state index contributed by atoms with van der Waals surface area (Å²) in [6.45, 7) is 1.62. The third-order valence-electron chi connectivity index (χ3n) is 1.19. The van der Waals surface area contributed by atoms with Crippen LogP contribution in [0.3, 0.4) is 0 Å². The van der Waals surface area contributed by atoms with Crippen LogP contribution in [0.25, 0.3) is 0 Å². The van der Waals surface area contributed by atoms with Crippen LogP contribution in [0.2, 0.25) is 0 Å². The normalized spacial score (nSPS) is 12.1. The molecule has 64 valence electrons. The zero-order valence-corrected chi connectivity index (χ0v) is 7.90. The molecular weight excluding hydrogens is 166 g/mol. The lowest BCUT2D eigenvalue weighted by atomic mass is 10.3. The molecule has 0 saturated carbocycles. The number of rotatable bonds is 2. The van der Waals surface area contributed by atoms with Gasteiger partial charge in [-0.2, -0.15) is 0 Å². The number of hydrogen-bond acceptors (Lipinski definition) is 3. The van der Waals surface area contributed by atoms with Gasteiger partial charge >= 0.3 is 5.97 Å². The quantitative estimate of drug-likeness (QED) is 0.361. The molecule has 0 radical (unpaired) electrons. The molecule has 4 heteroatoms. The molecule has 0 bridgehead atoms. The van der Waals surface area contributed by atoms with Crippen molar-refractivity contribution in [1.82, 2.24) is 4.90 Å². The lowest BCUT2D eigenvalue weighted by Gasteiger charge is -2.12. The fourth-order valence-corrected chi connectivity index (χ4v) is 0.650. The van der Waals surface area contributed by atoms with Crippen LogP contribution in [0.4, 0.5) is 0 Å². The van der Waals surface area contributed by atoms with Crippen molar-refractivity contribution in [2.45, 2.75) is 6.92 Å². The minimum Gasteiger partial charge on any atom is -0.466 e. The van der Waals surface area contributed by atoms with Crippen molar-refractivity contribution < 1.29 is 9.53 Å². The van der Waals surface area contributed by atoms with E-state index in [-0.39, 0.29) is 0 Å². The minimum absolute atomic E-state index is 0.399. The molecule has 0 unspecified atom stereocenters. The Hall–Kier alpha value is -0.700. The maximum atomic E-state index is 10.9. The van der Waals surface area contributed by atoms with Gasteiger partial charge in [0, 0.05) is 14.1 Å². The summed E-state index contributed by atoms with van der Waals surface area (Å²) in [5.41, 5.74) is 0.416. The number of esters is 1. The molecule has 0 amide bonds. The van der Waals surface area contributed by atoms with E-state index in [1.54, 1.807) is 25.9 Å². The van der Waals surface area contributed by atoms with Gasteiger partial charge in [0.15, 0.2) is 0 Å². The van der Waals surface area contributed by atoms with Crippen LogP contribution >= 0.6 is 11.6 Å². The Labute approximate surface area is 71.6 Å². The van der Waals surface area contributed by atoms with Crippen molar-refractivity contribution in [1.29, 1.82) is 0 Å². The second-order valence-corrected chi connectivity index (χ2v) is 2.66. The second-order valence-electron chi connectivity index (χ2n) is 2.30. The molecule has 0 N–H and O–H groups in total. The lowest BCUT2D eigenvalue weighted by Crippen LogP contribution is -2.13. The highest BCUT2D eigenvalue weighted by atomic mass is 35.5. The van der Waals surface area contributed by atoms with Crippen molar-refractivity contribution in [3.05, 3.63) is 10.7 Å². The van der Waals surface area contributed by atoms with Gasteiger partial charge in [-0.1, -0.05) is 11.6 Å². The number of hydrogen-bond donors (Lipinski definition) is 0. The number of halogens is 1. The van der Waals surface area contributed by atoms with E-state index in [4.69, 9.17) is 11.6 Å². The Morgan fingerprint density at radius 3 is 2.18 bits per heavy atom. The largest absolute Gasteiger partial charge is 0.466 e. The number of ether oxygens (including phenoxy) is 1. The predicted octanol–water partition coefficient (Wildman–Crippen LogP) is 1.19. The molecule has 0 aromatic heterocycles. The Kier molecular flexibility index (Phi) is 3.97. The van der Waals surface area contributed by atoms with E-state index in [0.717, 1.165) is 0 Å². The average Bonchev–Trinajstić information content (AvgIpc) is 2.00. The maximum Gasteiger partial charge on any atom is 0.336 e. The average molecular weight is 178 g/mol. The molecule has 11 heavy (non-hydrogen) atoms. The number of methoxy groups -OCH3 is 1. The van der Waals surface area contributed by atoms with Gasteiger partial charge in [0.25, 0.3) is 0 Å². The van der Waals surface area contributed by atoms with E-state index in [1.165, 1.54) is 7.11 Å². The van der Waals surface area contributed by atoms with E-state index in [0.29, 0.717) is 10.7 Å². The van der Waals surface area contributed by atoms with Gasteiger partial charge < -0.3 is 9.64 Å². The Morgan fingerprint density at radius 1 is 1.45 bits per heavy atom. The monoisotopic (exact) mass is 177 g/mol. The van der Waals surface area contributed by atoms with Crippen molar-refractivity contribution in [3.63, 3.8) is 0 Å². The van der Waals surface area contributed by atoms with Crippen LogP contribution < -0.4 is 0 Å². The fourth-order valence-electron chi connectivity index (χ4n) is 0.573. The fraction of sp³-hybridized carbons (Fsp3) is 0.571. The van der Waals surface area contributed by atoms with Gasteiger partial charge in [0.1, 0.15) is 5.16 Å². The van der Waals surface area contributed by atoms with E-state index in [9.17, 15) is 4.79 Å². The molecule has 0 aromatic rings. The Morgan fingerprint density at radius 2 is 1.91 bits per heavy atom. The maximum absolute atomic E-state index is 10.9. The Balaban J connectivity index is 4.52. The first kappa shape index (κ1) is 10.3. The Bertz CT molecular complexity index is 187. The van der Waals surface area contributed by atoms with Crippen molar-refractivity contribution >= 4 is 17.6 Å². The van der Waals surface area contributed by atoms with Gasteiger partial charge in [-0.15, -0.1) is 0 Å². The van der Waals surface area contributed by atoms with E-state index < -0.39 is 5.97 Å². The van der Waals surface area contributed by atoms with Gasteiger partial charge in [0.05, 0.1) is 12.7 Å². The first-order valence-electron chi connectivity index (χ1n) is 3.12. The standard InChI is InChI=1S/C7H12ClNO2/c1-5(7(10)11-4)6(8)9(2)3/h1-4H3. The van der Waals surface area contributed by atoms with Crippen LogP contribution in [0.5, 0.6) is 0 Å². The van der Waals surface area contributed by atoms with Crippen molar-refractivity contribution in [2.24, 2.45) is 0 Å². The summed E-state index contributed by atoms with van der Waals surface area (Å²) in [5, 5.41) is 0.400. The predicted molar refractivity (Wildman–Crippen MR) is 44.3 cm³/mol. The van der Waals surface area contributed by atoms with Crippen LogP contribution in [0.1, 0.15) is 6.92 Å². The number of nitrogens with zero attached hydrogens (tertiary/aromatic N) is 1. The van der Waals surface area contributed by atoms with Crippen LogP contribution in [0.15, 0.2) is 10.7 Å². The summed E-state index contributed by atoms with van der Waals surface area (Å²) in [4.78, 5) is 12.5. The molecule has 0 spiro atoms. The molecule has 0 heterocycles. The summed E-state index contributed by atoms with van der Waals surface area (Å²) in [6, 6.07) is 0. The topological polar surface area (TPSA) is 29.5 Å². The summed E-state index contributed by atoms with van der Waals surface area (Å²) < 4.78 is 4.48. The van der Waals surface area contributed by atoms with Crippen molar-refractivity contribution in [2.75, 3.05) is 21.2 Å². The lowest BCUT2D eigenvalue weighted by molar-refractivity contribution is -0.136. The molecule has 0 aliphatic rings. The van der Waals surface area contributed by atoms with Crippen LogP contribution in [-0.2, 0) is 9.53 Å². The zero-order chi connectivity index (χ0) is 9.02. The molecule has 0 aliphatic carbocycles. The van der Waals surface area contributed by atoms with E-state index >= 15 is 0 Å². The smallest absolute Gasteiger partial charge is 0.336 e. The molecule has 0 saturated heterocycles. The molecule has 3 nitrogen and oxygen atoms in total. The van der Waals surface area contributed by atoms with E-state index in [1.807, 2.05) is 0 Å². The molecule has 0 aromatic carbocycles. The molecule has 0 fully saturated rings. The number of carbonyl (C=O) groups is 1. The van der Waals surface area contributed by atoms with Gasteiger partial charge in [-0.05, 0) is 6.92 Å². The highest BCUT2D eigenvalue weighted by Gasteiger charge is 2.09. The van der Waals surface area contributed by atoms with Gasteiger partial charge in [0.2, 0.25) is 0 Å². The summed E-state index contributed by atoms with van der Waals surface area (Å²) in [5.74, 6) is -0.399. The SMILES string of the molecule is COC(=O)C(C)=C(Cl)N(C)C.